The molecule has 4 nitrogen and oxygen atoms in total. The first-order chi connectivity index (χ1) is 13.3. The van der Waals surface area contributed by atoms with Gasteiger partial charge in [-0.05, 0) is 53.1 Å². The smallest absolute Gasteiger partial charge is 0.129 e. The first kappa shape index (κ1) is 18.1. The number of hydrogen-bond donors (Lipinski definition) is 0. The normalized spacial score (nSPS) is 14.6. The molecular formula is C22H25N3OS. The fraction of sp³-hybridized carbons (Fsp3) is 0.364. The maximum absolute atomic E-state index is 5.31. The number of aryl methyl sites for hydroxylation is 1. The van der Waals surface area contributed by atoms with Crippen LogP contribution < -0.4 is 4.74 Å². The van der Waals surface area contributed by atoms with E-state index < -0.39 is 0 Å². The van der Waals surface area contributed by atoms with Crippen LogP contribution in [-0.4, -0.2) is 35.1 Å². The summed E-state index contributed by atoms with van der Waals surface area (Å²) in [5, 5.41) is 4.40. The number of thiophene rings is 1. The molecular weight excluding hydrogens is 354 g/mol. The molecule has 3 aromatic rings. The van der Waals surface area contributed by atoms with Crippen molar-refractivity contribution in [2.24, 2.45) is 0 Å². The number of methoxy groups -OCH3 is 1. The van der Waals surface area contributed by atoms with Crippen LogP contribution in [-0.2, 0) is 25.8 Å². The maximum atomic E-state index is 5.31. The Morgan fingerprint density at radius 2 is 1.89 bits per heavy atom. The summed E-state index contributed by atoms with van der Waals surface area (Å²) in [6.45, 7) is 5.23. The molecule has 0 N–H and O–H groups in total. The molecule has 0 spiro atoms. The molecule has 3 heterocycles. The fourth-order valence-corrected chi connectivity index (χ4v) is 4.30. The lowest BCUT2D eigenvalue weighted by Crippen LogP contribution is -2.25. The van der Waals surface area contributed by atoms with E-state index in [1.54, 1.807) is 18.4 Å². The van der Waals surface area contributed by atoms with Gasteiger partial charge in [-0.2, -0.15) is 11.3 Å². The molecule has 0 saturated carbocycles. The second-order valence-electron chi connectivity index (χ2n) is 6.90. The van der Waals surface area contributed by atoms with Gasteiger partial charge in [0, 0.05) is 49.3 Å². The van der Waals surface area contributed by atoms with Gasteiger partial charge >= 0.3 is 0 Å². The lowest BCUT2D eigenvalue weighted by molar-refractivity contribution is 0.279. The van der Waals surface area contributed by atoms with Crippen molar-refractivity contribution in [2.45, 2.75) is 32.7 Å². The van der Waals surface area contributed by atoms with E-state index in [1.165, 1.54) is 16.8 Å². The third-order valence-electron chi connectivity index (χ3n) is 5.15. The van der Waals surface area contributed by atoms with Crippen molar-refractivity contribution < 1.29 is 4.74 Å². The van der Waals surface area contributed by atoms with Gasteiger partial charge in [0.05, 0.1) is 12.8 Å². The van der Waals surface area contributed by atoms with E-state index in [9.17, 15) is 0 Å². The van der Waals surface area contributed by atoms with Gasteiger partial charge < -0.3 is 4.74 Å². The van der Waals surface area contributed by atoms with Crippen molar-refractivity contribution >= 4 is 11.3 Å². The van der Waals surface area contributed by atoms with Gasteiger partial charge in [-0.3, -0.25) is 4.90 Å². The summed E-state index contributed by atoms with van der Waals surface area (Å²) in [7, 11) is 1.70. The standard InChI is InChI=1S/C22H25N3OS/c1-3-21-23-20-9-12-25(14-16-10-13-27-15-16)11-8-19(20)22(24-21)17-4-6-18(26-2)7-5-17/h4-7,10,13,15H,3,8-9,11-12,14H2,1-2H3. The number of rotatable bonds is 5. The average Bonchev–Trinajstić information content (AvgIpc) is 3.14. The first-order valence-electron chi connectivity index (χ1n) is 9.53. The van der Waals surface area contributed by atoms with Crippen LogP contribution in [0.1, 0.15) is 29.6 Å². The van der Waals surface area contributed by atoms with E-state index in [0.717, 1.165) is 61.7 Å². The Bertz CT molecular complexity index is 891. The molecule has 0 fully saturated rings. The molecule has 0 bridgehead atoms. The summed E-state index contributed by atoms with van der Waals surface area (Å²) in [5.74, 6) is 1.81. The van der Waals surface area contributed by atoms with Crippen LogP contribution in [0, 0.1) is 0 Å². The van der Waals surface area contributed by atoms with E-state index in [2.05, 4.69) is 40.8 Å². The minimum absolute atomic E-state index is 0.856. The quantitative estimate of drug-likeness (QED) is 0.659. The summed E-state index contributed by atoms with van der Waals surface area (Å²) < 4.78 is 5.31. The van der Waals surface area contributed by atoms with Crippen LogP contribution >= 0.6 is 11.3 Å². The predicted octanol–water partition coefficient (Wildman–Crippen LogP) is 4.38. The molecule has 0 saturated heterocycles. The predicted molar refractivity (Wildman–Crippen MR) is 110 cm³/mol. The molecule has 140 valence electrons. The zero-order chi connectivity index (χ0) is 18.6. The van der Waals surface area contributed by atoms with Crippen molar-refractivity contribution in [1.82, 2.24) is 14.9 Å². The molecule has 1 aliphatic heterocycles. The van der Waals surface area contributed by atoms with E-state index in [1.807, 2.05) is 12.1 Å². The lowest BCUT2D eigenvalue weighted by atomic mass is 10.0. The lowest BCUT2D eigenvalue weighted by Gasteiger charge is -2.18. The van der Waals surface area contributed by atoms with Gasteiger partial charge in [0.2, 0.25) is 0 Å². The summed E-state index contributed by atoms with van der Waals surface area (Å²) in [6, 6.07) is 10.5. The summed E-state index contributed by atoms with van der Waals surface area (Å²) in [6.07, 6.45) is 2.83. The highest BCUT2D eigenvalue weighted by molar-refractivity contribution is 7.07. The van der Waals surface area contributed by atoms with E-state index in [4.69, 9.17) is 14.7 Å². The van der Waals surface area contributed by atoms with Gasteiger partial charge in [0.1, 0.15) is 11.6 Å². The van der Waals surface area contributed by atoms with Crippen molar-refractivity contribution in [3.63, 3.8) is 0 Å². The minimum atomic E-state index is 0.856. The average molecular weight is 380 g/mol. The van der Waals surface area contributed by atoms with Crippen LogP contribution in [0.4, 0.5) is 0 Å². The Balaban J connectivity index is 1.64. The summed E-state index contributed by atoms with van der Waals surface area (Å²) in [5.41, 5.74) is 6.18. The highest BCUT2D eigenvalue weighted by atomic mass is 32.1. The Morgan fingerprint density at radius 1 is 1.07 bits per heavy atom. The number of hydrogen-bond acceptors (Lipinski definition) is 5. The van der Waals surface area contributed by atoms with Gasteiger partial charge in [-0.25, -0.2) is 9.97 Å². The molecule has 27 heavy (non-hydrogen) atoms. The highest BCUT2D eigenvalue weighted by Gasteiger charge is 2.21. The molecule has 0 radical (unpaired) electrons. The van der Waals surface area contributed by atoms with Gasteiger partial charge in [0.15, 0.2) is 0 Å². The van der Waals surface area contributed by atoms with Gasteiger partial charge in [0.25, 0.3) is 0 Å². The molecule has 1 aromatic carbocycles. The SMILES string of the molecule is CCc1nc2c(c(-c3ccc(OC)cc3)n1)CCN(Cc1ccsc1)CC2. The molecule has 0 aliphatic carbocycles. The fourth-order valence-electron chi connectivity index (χ4n) is 3.64. The number of ether oxygens (including phenoxy) is 1. The third-order valence-corrected chi connectivity index (χ3v) is 5.88. The number of aromatic nitrogens is 2. The molecule has 2 aromatic heterocycles. The Morgan fingerprint density at radius 3 is 2.59 bits per heavy atom. The summed E-state index contributed by atoms with van der Waals surface area (Å²) in [4.78, 5) is 12.3. The van der Waals surface area contributed by atoms with Crippen molar-refractivity contribution in [2.75, 3.05) is 20.2 Å². The highest BCUT2D eigenvalue weighted by Crippen LogP contribution is 2.28. The van der Waals surface area contributed by atoms with Gasteiger partial charge in [-0.1, -0.05) is 6.92 Å². The maximum Gasteiger partial charge on any atom is 0.129 e. The van der Waals surface area contributed by atoms with E-state index >= 15 is 0 Å². The monoisotopic (exact) mass is 379 g/mol. The number of benzene rings is 1. The zero-order valence-corrected chi connectivity index (χ0v) is 16.8. The first-order valence-corrected chi connectivity index (χ1v) is 10.5. The number of fused-ring (bicyclic) bond motifs is 1. The Labute approximate surface area is 164 Å². The second kappa shape index (κ2) is 8.19. The molecule has 1 aliphatic rings. The third kappa shape index (κ3) is 4.04. The van der Waals surface area contributed by atoms with Gasteiger partial charge in [-0.15, -0.1) is 0 Å². The molecule has 0 unspecified atom stereocenters. The Hall–Kier alpha value is -2.24. The van der Waals surface area contributed by atoms with Crippen LogP contribution in [0.15, 0.2) is 41.1 Å². The molecule has 0 amide bonds. The van der Waals surface area contributed by atoms with Crippen molar-refractivity contribution in [3.05, 3.63) is 63.7 Å². The summed E-state index contributed by atoms with van der Waals surface area (Å²) >= 11 is 1.77. The molecule has 4 rings (SSSR count). The van der Waals surface area contributed by atoms with Crippen LogP contribution in [0.25, 0.3) is 11.3 Å². The zero-order valence-electron chi connectivity index (χ0n) is 15.9. The van der Waals surface area contributed by atoms with E-state index in [0.29, 0.717) is 0 Å². The minimum Gasteiger partial charge on any atom is -0.497 e. The second-order valence-corrected chi connectivity index (χ2v) is 7.68. The van der Waals surface area contributed by atoms with E-state index in [-0.39, 0.29) is 0 Å². The van der Waals surface area contributed by atoms with Crippen LogP contribution in [0.5, 0.6) is 5.75 Å². The van der Waals surface area contributed by atoms with Crippen LogP contribution in [0.3, 0.4) is 0 Å². The van der Waals surface area contributed by atoms with Crippen LogP contribution in [0.2, 0.25) is 0 Å². The Kier molecular flexibility index (Phi) is 5.50. The largest absolute Gasteiger partial charge is 0.497 e. The number of nitrogens with zero attached hydrogens (tertiary/aromatic N) is 3. The van der Waals surface area contributed by atoms with Crippen molar-refractivity contribution in [1.29, 1.82) is 0 Å². The molecule has 5 heteroatoms. The topological polar surface area (TPSA) is 38.3 Å². The molecule has 0 atom stereocenters. The van der Waals surface area contributed by atoms with Crippen molar-refractivity contribution in [3.8, 4) is 17.0 Å².